The van der Waals surface area contributed by atoms with Gasteiger partial charge in [-0.25, -0.2) is 0 Å². The number of hydrogen-bond donors (Lipinski definition) is 0. The molecular formula is C19H31N3O. The predicted molar refractivity (Wildman–Crippen MR) is 97.1 cm³/mol. The normalized spacial score (nSPS) is 16.5. The van der Waals surface area contributed by atoms with E-state index in [9.17, 15) is 4.79 Å². The van der Waals surface area contributed by atoms with Gasteiger partial charge in [0.15, 0.2) is 0 Å². The van der Waals surface area contributed by atoms with Gasteiger partial charge in [0.25, 0.3) is 0 Å². The molecule has 2 rings (SSSR count). The molecule has 0 aliphatic carbocycles. The number of rotatable bonds is 4. The molecule has 1 heterocycles. The van der Waals surface area contributed by atoms with Gasteiger partial charge in [0.1, 0.15) is 0 Å². The van der Waals surface area contributed by atoms with Crippen LogP contribution in [0.3, 0.4) is 0 Å². The van der Waals surface area contributed by atoms with E-state index >= 15 is 0 Å². The summed E-state index contributed by atoms with van der Waals surface area (Å²) in [6, 6.07) is 8.64. The first-order valence-corrected chi connectivity index (χ1v) is 8.63. The molecule has 0 radical (unpaired) electrons. The third kappa shape index (κ3) is 4.71. The lowest BCUT2D eigenvalue weighted by Gasteiger charge is -2.34. The number of likely N-dealkylation sites (N-methyl/N-ethyl adjacent to an activating group) is 2. The van der Waals surface area contributed by atoms with Crippen molar-refractivity contribution in [3.63, 3.8) is 0 Å². The lowest BCUT2D eigenvalue weighted by Crippen LogP contribution is -2.50. The van der Waals surface area contributed by atoms with Crippen LogP contribution in [0.25, 0.3) is 0 Å². The van der Waals surface area contributed by atoms with E-state index in [-0.39, 0.29) is 11.3 Å². The monoisotopic (exact) mass is 317 g/mol. The van der Waals surface area contributed by atoms with E-state index in [4.69, 9.17) is 0 Å². The largest absolute Gasteiger partial charge is 0.362 e. The smallest absolute Gasteiger partial charge is 0.242 e. The first-order chi connectivity index (χ1) is 10.8. The summed E-state index contributed by atoms with van der Waals surface area (Å²) in [4.78, 5) is 19.0. The number of piperazine rings is 1. The quantitative estimate of drug-likeness (QED) is 0.854. The van der Waals surface area contributed by atoms with Crippen molar-refractivity contribution in [2.24, 2.45) is 0 Å². The van der Waals surface area contributed by atoms with E-state index in [0.717, 1.165) is 38.4 Å². The van der Waals surface area contributed by atoms with Crippen molar-refractivity contribution in [3.8, 4) is 0 Å². The fourth-order valence-corrected chi connectivity index (χ4v) is 2.88. The first kappa shape index (κ1) is 17.8. The maximum atomic E-state index is 12.5. The molecule has 23 heavy (non-hydrogen) atoms. The number of carbonyl (C=O) groups excluding carboxylic acids is 1. The summed E-state index contributed by atoms with van der Waals surface area (Å²) in [7, 11) is 2.11. The number of nitrogens with zero attached hydrogens (tertiary/aromatic N) is 3. The lowest BCUT2D eigenvalue weighted by molar-refractivity contribution is -0.131. The Morgan fingerprint density at radius 1 is 1.09 bits per heavy atom. The molecule has 1 aliphatic heterocycles. The maximum absolute atomic E-state index is 12.5. The average molecular weight is 317 g/mol. The molecule has 0 atom stereocenters. The van der Waals surface area contributed by atoms with E-state index < -0.39 is 0 Å². The molecule has 0 aromatic heterocycles. The summed E-state index contributed by atoms with van der Waals surface area (Å²) < 4.78 is 0. The Balaban J connectivity index is 2.00. The van der Waals surface area contributed by atoms with Gasteiger partial charge in [-0.15, -0.1) is 0 Å². The maximum Gasteiger partial charge on any atom is 0.242 e. The molecule has 128 valence electrons. The van der Waals surface area contributed by atoms with E-state index in [1.165, 1.54) is 5.56 Å². The SMILES string of the molecule is CCN(CC(=O)N1CCN(C)CC1)c1ccc(C(C)(C)C)cc1. The summed E-state index contributed by atoms with van der Waals surface area (Å²) >= 11 is 0. The fourth-order valence-electron chi connectivity index (χ4n) is 2.88. The molecule has 1 aliphatic rings. The molecule has 0 N–H and O–H groups in total. The van der Waals surface area contributed by atoms with Crippen LogP contribution in [0.1, 0.15) is 33.3 Å². The van der Waals surface area contributed by atoms with Crippen LogP contribution in [0.2, 0.25) is 0 Å². The minimum absolute atomic E-state index is 0.158. The highest BCUT2D eigenvalue weighted by molar-refractivity contribution is 5.81. The summed E-state index contributed by atoms with van der Waals surface area (Å²) in [6.07, 6.45) is 0. The molecule has 0 saturated carbocycles. The molecule has 1 saturated heterocycles. The van der Waals surface area contributed by atoms with Crippen molar-refractivity contribution in [1.82, 2.24) is 9.80 Å². The summed E-state index contributed by atoms with van der Waals surface area (Å²) in [6.45, 7) is 13.7. The fraction of sp³-hybridized carbons (Fsp3) is 0.632. The molecule has 1 fully saturated rings. The van der Waals surface area contributed by atoms with Crippen LogP contribution in [-0.2, 0) is 10.2 Å². The summed E-state index contributed by atoms with van der Waals surface area (Å²) in [5, 5.41) is 0. The second kappa shape index (κ2) is 7.35. The van der Waals surface area contributed by atoms with E-state index in [2.05, 4.69) is 68.8 Å². The molecule has 0 spiro atoms. The Morgan fingerprint density at radius 3 is 2.13 bits per heavy atom. The minimum atomic E-state index is 0.158. The summed E-state index contributed by atoms with van der Waals surface area (Å²) in [5.74, 6) is 0.236. The Labute approximate surface area is 141 Å². The number of amides is 1. The van der Waals surface area contributed by atoms with Crippen LogP contribution in [0.15, 0.2) is 24.3 Å². The number of anilines is 1. The van der Waals surface area contributed by atoms with Gasteiger partial charge >= 0.3 is 0 Å². The Morgan fingerprint density at radius 2 is 1.65 bits per heavy atom. The highest BCUT2D eigenvalue weighted by atomic mass is 16.2. The lowest BCUT2D eigenvalue weighted by atomic mass is 9.87. The van der Waals surface area contributed by atoms with Crippen molar-refractivity contribution in [1.29, 1.82) is 0 Å². The molecular weight excluding hydrogens is 286 g/mol. The van der Waals surface area contributed by atoms with Crippen molar-refractivity contribution < 1.29 is 4.79 Å². The topological polar surface area (TPSA) is 26.8 Å². The van der Waals surface area contributed by atoms with Crippen LogP contribution in [0.5, 0.6) is 0 Å². The van der Waals surface area contributed by atoms with Gasteiger partial charge in [-0.3, -0.25) is 4.79 Å². The Bertz CT molecular complexity index is 510. The van der Waals surface area contributed by atoms with Crippen molar-refractivity contribution in [2.75, 3.05) is 51.2 Å². The van der Waals surface area contributed by atoms with Gasteiger partial charge < -0.3 is 14.7 Å². The zero-order valence-electron chi connectivity index (χ0n) is 15.3. The highest BCUT2D eigenvalue weighted by Gasteiger charge is 2.21. The molecule has 4 nitrogen and oxygen atoms in total. The number of carbonyl (C=O) groups is 1. The van der Waals surface area contributed by atoms with Crippen LogP contribution in [0.4, 0.5) is 5.69 Å². The molecule has 0 bridgehead atoms. The Kier molecular flexibility index (Phi) is 5.69. The standard InChI is InChI=1S/C19H31N3O/c1-6-21(15-18(23)22-13-11-20(5)12-14-22)17-9-7-16(8-10-17)19(2,3)4/h7-10H,6,11-15H2,1-5H3. The summed E-state index contributed by atoms with van der Waals surface area (Å²) in [5.41, 5.74) is 2.61. The molecule has 1 aromatic rings. The Hall–Kier alpha value is -1.55. The van der Waals surface area contributed by atoms with E-state index in [0.29, 0.717) is 6.54 Å². The number of benzene rings is 1. The van der Waals surface area contributed by atoms with E-state index in [1.807, 2.05) is 4.90 Å². The number of hydrogen-bond acceptors (Lipinski definition) is 3. The average Bonchev–Trinajstić information content (AvgIpc) is 2.52. The second-order valence-corrected chi connectivity index (χ2v) is 7.50. The van der Waals surface area contributed by atoms with Crippen LogP contribution < -0.4 is 4.90 Å². The molecule has 1 aromatic carbocycles. The van der Waals surface area contributed by atoms with Crippen molar-refractivity contribution in [3.05, 3.63) is 29.8 Å². The third-order valence-electron chi connectivity index (χ3n) is 4.66. The van der Waals surface area contributed by atoms with Crippen LogP contribution in [-0.4, -0.2) is 62.0 Å². The van der Waals surface area contributed by atoms with Crippen LogP contribution in [0, 0.1) is 0 Å². The first-order valence-electron chi connectivity index (χ1n) is 8.63. The predicted octanol–water partition coefficient (Wildman–Crippen LogP) is 2.58. The zero-order valence-corrected chi connectivity index (χ0v) is 15.3. The minimum Gasteiger partial charge on any atom is -0.362 e. The van der Waals surface area contributed by atoms with Crippen LogP contribution >= 0.6 is 0 Å². The van der Waals surface area contributed by atoms with Gasteiger partial charge in [-0.05, 0) is 37.1 Å². The second-order valence-electron chi connectivity index (χ2n) is 7.50. The van der Waals surface area contributed by atoms with Crippen molar-refractivity contribution in [2.45, 2.75) is 33.1 Å². The van der Waals surface area contributed by atoms with Gasteiger partial charge in [0.05, 0.1) is 6.54 Å². The van der Waals surface area contributed by atoms with Gasteiger partial charge in [-0.1, -0.05) is 32.9 Å². The van der Waals surface area contributed by atoms with Gasteiger partial charge in [0.2, 0.25) is 5.91 Å². The van der Waals surface area contributed by atoms with E-state index in [1.54, 1.807) is 0 Å². The third-order valence-corrected chi connectivity index (χ3v) is 4.66. The molecule has 1 amide bonds. The van der Waals surface area contributed by atoms with Crippen molar-refractivity contribution >= 4 is 11.6 Å². The highest BCUT2D eigenvalue weighted by Crippen LogP contribution is 2.25. The zero-order chi connectivity index (χ0) is 17.0. The van der Waals surface area contributed by atoms with Gasteiger partial charge in [-0.2, -0.15) is 0 Å². The molecule has 0 unspecified atom stereocenters. The van der Waals surface area contributed by atoms with Gasteiger partial charge in [0, 0.05) is 38.4 Å². The molecule has 4 heteroatoms.